The van der Waals surface area contributed by atoms with Crippen LogP contribution in [0.1, 0.15) is 5.56 Å². The fraction of sp³-hybridized carbons (Fsp3) is 0.200. The molecule has 2 N–H and O–H groups in total. The topological polar surface area (TPSA) is 63.4 Å². The van der Waals surface area contributed by atoms with E-state index in [9.17, 15) is 8.42 Å². The highest BCUT2D eigenvalue weighted by Gasteiger charge is 2.17. The van der Waals surface area contributed by atoms with Gasteiger partial charge in [0.15, 0.2) is 9.84 Å². The standard InChI is InChI=1S/C15H18N2O2S/c1-17(13-8-4-3-7-12(13)11-16)14-9-5-6-10-15(14)20(2,18)19/h3-10H,11,16H2,1-2H3. The molecule has 2 aromatic carbocycles. The first-order chi connectivity index (χ1) is 9.45. The first-order valence-electron chi connectivity index (χ1n) is 6.26. The van der Waals surface area contributed by atoms with E-state index < -0.39 is 9.84 Å². The van der Waals surface area contributed by atoms with Crippen molar-refractivity contribution in [3.63, 3.8) is 0 Å². The molecule has 0 heterocycles. The fourth-order valence-electron chi connectivity index (χ4n) is 2.19. The molecule has 2 rings (SSSR count). The molecule has 0 aliphatic heterocycles. The third-order valence-electron chi connectivity index (χ3n) is 3.20. The van der Waals surface area contributed by atoms with Gasteiger partial charge in [-0.25, -0.2) is 8.42 Å². The first kappa shape index (κ1) is 14.6. The molecule has 0 aromatic heterocycles. The number of hydrogen-bond acceptors (Lipinski definition) is 4. The average Bonchev–Trinajstić information content (AvgIpc) is 2.45. The third-order valence-corrected chi connectivity index (χ3v) is 4.34. The Bertz CT molecular complexity index is 711. The maximum Gasteiger partial charge on any atom is 0.177 e. The zero-order valence-electron chi connectivity index (χ0n) is 11.6. The molecule has 0 atom stereocenters. The van der Waals surface area contributed by atoms with Gasteiger partial charge in [-0.2, -0.15) is 0 Å². The molecule has 5 heteroatoms. The Balaban J connectivity index is 2.57. The van der Waals surface area contributed by atoms with Gasteiger partial charge in [-0.1, -0.05) is 30.3 Å². The summed E-state index contributed by atoms with van der Waals surface area (Å²) in [4.78, 5) is 2.17. The van der Waals surface area contributed by atoms with Gasteiger partial charge < -0.3 is 10.6 Å². The lowest BCUT2D eigenvalue weighted by Gasteiger charge is -2.24. The Morgan fingerprint density at radius 3 is 2.15 bits per heavy atom. The van der Waals surface area contributed by atoms with Crippen LogP contribution in [0.25, 0.3) is 0 Å². The molecule has 0 aliphatic rings. The Morgan fingerprint density at radius 2 is 1.55 bits per heavy atom. The second-order valence-corrected chi connectivity index (χ2v) is 6.62. The Morgan fingerprint density at radius 1 is 1.00 bits per heavy atom. The molecule has 0 fully saturated rings. The molecule has 0 saturated carbocycles. The van der Waals surface area contributed by atoms with Crippen LogP contribution in [0.4, 0.5) is 11.4 Å². The van der Waals surface area contributed by atoms with Crippen LogP contribution in [-0.2, 0) is 16.4 Å². The van der Waals surface area contributed by atoms with Gasteiger partial charge in [-0.3, -0.25) is 0 Å². The predicted molar refractivity (Wildman–Crippen MR) is 81.9 cm³/mol. The van der Waals surface area contributed by atoms with Gasteiger partial charge in [-0.15, -0.1) is 0 Å². The summed E-state index contributed by atoms with van der Waals surface area (Å²) in [6.45, 7) is 0.404. The molecule has 0 aliphatic carbocycles. The van der Waals surface area contributed by atoms with Crippen molar-refractivity contribution < 1.29 is 8.42 Å². The second kappa shape index (κ2) is 5.64. The van der Waals surface area contributed by atoms with Crippen LogP contribution in [0, 0.1) is 0 Å². The lowest BCUT2D eigenvalue weighted by Crippen LogP contribution is -2.16. The summed E-state index contributed by atoms with van der Waals surface area (Å²) in [6.07, 6.45) is 1.22. The van der Waals surface area contributed by atoms with E-state index in [1.165, 1.54) is 6.26 Å². The van der Waals surface area contributed by atoms with Gasteiger partial charge in [0.1, 0.15) is 0 Å². The van der Waals surface area contributed by atoms with Gasteiger partial charge in [-0.05, 0) is 23.8 Å². The van der Waals surface area contributed by atoms with Crippen molar-refractivity contribution in [1.29, 1.82) is 0 Å². The number of benzene rings is 2. The highest BCUT2D eigenvalue weighted by atomic mass is 32.2. The van der Waals surface area contributed by atoms with E-state index in [2.05, 4.69) is 0 Å². The molecule has 0 bridgehead atoms. The zero-order valence-corrected chi connectivity index (χ0v) is 12.4. The highest BCUT2D eigenvalue weighted by Crippen LogP contribution is 2.31. The van der Waals surface area contributed by atoms with Crippen molar-refractivity contribution in [3.05, 3.63) is 54.1 Å². The molecular weight excluding hydrogens is 272 g/mol. The zero-order chi connectivity index (χ0) is 14.8. The summed E-state index contributed by atoms with van der Waals surface area (Å²) in [5, 5.41) is 0. The van der Waals surface area contributed by atoms with E-state index in [1.807, 2.05) is 42.3 Å². The molecule has 2 aromatic rings. The quantitative estimate of drug-likeness (QED) is 0.938. The van der Waals surface area contributed by atoms with Gasteiger partial charge in [0.05, 0.1) is 10.6 Å². The van der Waals surface area contributed by atoms with Gasteiger partial charge in [0, 0.05) is 25.5 Å². The van der Waals surface area contributed by atoms with E-state index in [0.717, 1.165) is 11.3 Å². The van der Waals surface area contributed by atoms with E-state index >= 15 is 0 Å². The van der Waals surface area contributed by atoms with Crippen molar-refractivity contribution in [2.24, 2.45) is 5.73 Å². The number of nitrogens with two attached hydrogens (primary N) is 1. The molecular formula is C15H18N2O2S. The molecule has 106 valence electrons. The van der Waals surface area contributed by atoms with Crippen LogP contribution < -0.4 is 10.6 Å². The minimum atomic E-state index is -3.28. The van der Waals surface area contributed by atoms with Crippen LogP contribution in [0.2, 0.25) is 0 Å². The Kier molecular flexibility index (Phi) is 4.11. The maximum absolute atomic E-state index is 11.9. The smallest absolute Gasteiger partial charge is 0.177 e. The van der Waals surface area contributed by atoms with Crippen molar-refractivity contribution >= 4 is 21.2 Å². The Hall–Kier alpha value is -1.85. The summed E-state index contributed by atoms with van der Waals surface area (Å²) in [6, 6.07) is 14.7. The summed E-state index contributed by atoms with van der Waals surface area (Å²) < 4.78 is 23.8. The van der Waals surface area contributed by atoms with Crippen molar-refractivity contribution in [1.82, 2.24) is 0 Å². The van der Waals surface area contributed by atoms with Crippen LogP contribution in [0.3, 0.4) is 0 Å². The van der Waals surface area contributed by atoms with Crippen LogP contribution in [0.5, 0.6) is 0 Å². The number of hydrogen-bond donors (Lipinski definition) is 1. The Labute approximate surface area is 119 Å². The minimum Gasteiger partial charge on any atom is -0.343 e. The summed E-state index contributed by atoms with van der Waals surface area (Å²) in [5.74, 6) is 0. The van der Waals surface area contributed by atoms with E-state index in [4.69, 9.17) is 5.73 Å². The van der Waals surface area contributed by atoms with Crippen LogP contribution in [-0.4, -0.2) is 21.7 Å². The van der Waals surface area contributed by atoms with E-state index in [1.54, 1.807) is 18.2 Å². The lowest BCUT2D eigenvalue weighted by atomic mass is 10.1. The summed E-state index contributed by atoms with van der Waals surface area (Å²) >= 11 is 0. The predicted octanol–water partition coefficient (Wildman–Crippen LogP) is 2.32. The summed E-state index contributed by atoms with van der Waals surface area (Å²) in [5.41, 5.74) is 8.27. The monoisotopic (exact) mass is 290 g/mol. The molecule has 0 spiro atoms. The fourth-order valence-corrected chi connectivity index (χ4v) is 3.10. The molecule has 0 saturated heterocycles. The highest BCUT2D eigenvalue weighted by molar-refractivity contribution is 7.90. The van der Waals surface area contributed by atoms with E-state index in [0.29, 0.717) is 17.1 Å². The third kappa shape index (κ3) is 2.84. The number of anilines is 2. The van der Waals surface area contributed by atoms with E-state index in [-0.39, 0.29) is 0 Å². The van der Waals surface area contributed by atoms with Crippen LogP contribution in [0.15, 0.2) is 53.4 Å². The average molecular weight is 290 g/mol. The van der Waals surface area contributed by atoms with Crippen molar-refractivity contribution in [2.45, 2.75) is 11.4 Å². The maximum atomic E-state index is 11.9. The van der Waals surface area contributed by atoms with Crippen molar-refractivity contribution in [3.8, 4) is 0 Å². The normalized spacial score (nSPS) is 11.3. The SMILES string of the molecule is CN(c1ccccc1CN)c1ccccc1S(C)(=O)=O. The lowest BCUT2D eigenvalue weighted by molar-refractivity contribution is 0.602. The largest absolute Gasteiger partial charge is 0.343 e. The summed E-state index contributed by atoms with van der Waals surface area (Å²) in [7, 11) is -1.43. The molecule has 0 unspecified atom stereocenters. The molecule has 0 amide bonds. The number of rotatable bonds is 4. The van der Waals surface area contributed by atoms with Gasteiger partial charge in [0.25, 0.3) is 0 Å². The van der Waals surface area contributed by atoms with Gasteiger partial charge in [0.2, 0.25) is 0 Å². The number of nitrogens with zero attached hydrogens (tertiary/aromatic N) is 1. The number of sulfone groups is 1. The van der Waals surface area contributed by atoms with Gasteiger partial charge >= 0.3 is 0 Å². The number of para-hydroxylation sites is 2. The second-order valence-electron chi connectivity index (χ2n) is 4.63. The van der Waals surface area contributed by atoms with Crippen molar-refractivity contribution in [2.75, 3.05) is 18.2 Å². The molecule has 20 heavy (non-hydrogen) atoms. The first-order valence-corrected chi connectivity index (χ1v) is 8.15. The molecule has 4 nitrogen and oxygen atoms in total. The minimum absolute atomic E-state index is 0.314. The van der Waals surface area contributed by atoms with Crippen LogP contribution >= 0.6 is 0 Å². The molecule has 0 radical (unpaired) electrons.